The minimum Gasteiger partial charge on any atom is -0.485 e. The molecule has 5 heteroatoms. The van der Waals surface area contributed by atoms with Crippen LogP contribution in [0.15, 0.2) is 23.3 Å². The molecule has 108 valence electrons. The van der Waals surface area contributed by atoms with E-state index in [2.05, 4.69) is 6.58 Å². The van der Waals surface area contributed by atoms with Crippen molar-refractivity contribution in [2.75, 3.05) is 19.9 Å². The van der Waals surface area contributed by atoms with Crippen molar-refractivity contribution in [3.63, 3.8) is 0 Å². The average Bonchev–Trinajstić information content (AvgIpc) is 2.34. The molecular weight excluding hydrogens is 262 g/mol. The molecule has 0 aromatic heterocycles. The van der Waals surface area contributed by atoms with E-state index in [1.165, 1.54) is 0 Å². The van der Waals surface area contributed by atoms with E-state index in [9.17, 15) is 4.79 Å². The number of likely N-dealkylation sites (N-methyl/N-ethyl adjacent to an activating group) is 1. The van der Waals surface area contributed by atoms with Crippen LogP contribution < -0.4 is 0 Å². The van der Waals surface area contributed by atoms with Crippen molar-refractivity contribution in [1.29, 1.82) is 0 Å². The number of rotatable bonds is 3. The van der Waals surface area contributed by atoms with Gasteiger partial charge in [0.2, 0.25) is 0 Å². The van der Waals surface area contributed by atoms with Crippen LogP contribution in [0.3, 0.4) is 0 Å². The fraction of sp³-hybridized carbons (Fsp3) is 0.643. The third-order valence-corrected chi connectivity index (χ3v) is 3.54. The Labute approximate surface area is 119 Å². The van der Waals surface area contributed by atoms with Gasteiger partial charge in [-0.25, -0.2) is 4.79 Å². The molecule has 0 aliphatic carbocycles. The number of hydrogen-bond donors (Lipinski definition) is 0. The molecule has 0 aromatic rings. The lowest BCUT2D eigenvalue weighted by Gasteiger charge is -2.33. The first-order valence-electron chi connectivity index (χ1n) is 6.26. The monoisotopic (exact) mass is 285 g/mol. The number of amides is 1. The summed E-state index contributed by atoms with van der Waals surface area (Å²) in [5, 5.41) is 0.892. The largest absolute Gasteiger partial charge is 0.485 e. The van der Waals surface area contributed by atoms with Crippen LogP contribution in [0.4, 0.5) is 4.79 Å². The first kappa shape index (κ1) is 16.0. The van der Waals surface area contributed by atoms with Crippen molar-refractivity contribution >= 4 is 17.9 Å². The minimum absolute atomic E-state index is 0.0150. The van der Waals surface area contributed by atoms with Crippen molar-refractivity contribution in [2.45, 2.75) is 38.8 Å². The molecule has 19 heavy (non-hydrogen) atoms. The number of carbonyl (C=O) groups is 1. The summed E-state index contributed by atoms with van der Waals surface area (Å²) < 4.78 is 11.0. The van der Waals surface area contributed by atoms with Gasteiger partial charge in [-0.15, -0.1) is 0 Å². The molecule has 1 heterocycles. The Morgan fingerprint density at radius 1 is 1.58 bits per heavy atom. The number of allylic oxidation sites excluding steroid dienone is 1. The fourth-order valence-electron chi connectivity index (χ4n) is 1.75. The van der Waals surface area contributed by atoms with E-state index in [1.54, 1.807) is 29.8 Å². The lowest BCUT2D eigenvalue weighted by molar-refractivity contribution is 0.0127. The summed E-state index contributed by atoms with van der Waals surface area (Å²) in [7, 11) is 1.74. The predicted molar refractivity (Wildman–Crippen MR) is 79.1 cm³/mol. The van der Waals surface area contributed by atoms with Crippen LogP contribution in [0.1, 0.15) is 27.2 Å². The lowest BCUT2D eigenvalue weighted by atomic mass is 10.1. The fourth-order valence-corrected chi connectivity index (χ4v) is 2.36. The molecule has 0 saturated carbocycles. The molecule has 0 N–H and O–H groups in total. The second-order valence-electron chi connectivity index (χ2n) is 5.48. The Hall–Kier alpha value is -1.10. The van der Waals surface area contributed by atoms with Gasteiger partial charge in [0, 0.05) is 19.0 Å². The summed E-state index contributed by atoms with van der Waals surface area (Å²) in [5.41, 5.74) is 0.557. The number of carbonyl (C=O) groups excluding carboxylic acids is 1. The molecular formula is C14H23NO3S. The maximum absolute atomic E-state index is 12.0. The van der Waals surface area contributed by atoms with Gasteiger partial charge in [-0.3, -0.25) is 0 Å². The average molecular weight is 285 g/mol. The molecule has 1 aliphatic rings. The molecule has 0 bridgehead atoms. The van der Waals surface area contributed by atoms with E-state index >= 15 is 0 Å². The van der Waals surface area contributed by atoms with Gasteiger partial charge >= 0.3 is 6.09 Å². The normalized spacial score (nSPS) is 19.7. The molecule has 0 aromatic carbocycles. The van der Waals surface area contributed by atoms with E-state index in [1.807, 2.05) is 27.0 Å². The van der Waals surface area contributed by atoms with E-state index in [-0.39, 0.29) is 12.1 Å². The van der Waals surface area contributed by atoms with Crippen LogP contribution in [-0.2, 0) is 9.47 Å². The second kappa shape index (κ2) is 6.37. The van der Waals surface area contributed by atoms with Crippen LogP contribution in [0, 0.1) is 0 Å². The highest BCUT2D eigenvalue weighted by molar-refractivity contribution is 8.02. The van der Waals surface area contributed by atoms with Crippen LogP contribution in [0.2, 0.25) is 0 Å². The van der Waals surface area contributed by atoms with Crippen LogP contribution in [-0.4, -0.2) is 42.5 Å². The quantitative estimate of drug-likeness (QED) is 0.796. The molecule has 0 saturated heterocycles. The topological polar surface area (TPSA) is 38.8 Å². The van der Waals surface area contributed by atoms with Crippen LogP contribution in [0.5, 0.6) is 0 Å². The Morgan fingerprint density at radius 2 is 2.21 bits per heavy atom. The zero-order chi connectivity index (χ0) is 14.6. The predicted octanol–water partition coefficient (Wildman–Crippen LogP) is 3.40. The molecule has 0 fully saturated rings. The summed E-state index contributed by atoms with van der Waals surface area (Å²) in [6.07, 6.45) is 4.18. The Bertz CT molecular complexity index is 385. The highest BCUT2D eigenvalue weighted by Gasteiger charge is 2.29. The number of thioether (sulfide) groups is 1. The molecule has 1 amide bonds. The first-order valence-corrected chi connectivity index (χ1v) is 7.49. The summed E-state index contributed by atoms with van der Waals surface area (Å²) in [5.74, 6) is 0. The molecule has 1 rings (SSSR count). The van der Waals surface area contributed by atoms with Gasteiger partial charge in [0.1, 0.15) is 12.2 Å². The van der Waals surface area contributed by atoms with E-state index < -0.39 is 5.60 Å². The van der Waals surface area contributed by atoms with Gasteiger partial charge < -0.3 is 14.4 Å². The van der Waals surface area contributed by atoms with Gasteiger partial charge in [0.05, 0.1) is 6.04 Å². The summed E-state index contributed by atoms with van der Waals surface area (Å²) >= 11 is 1.56. The smallest absolute Gasteiger partial charge is 0.410 e. The minimum atomic E-state index is -0.484. The molecule has 0 radical (unpaired) electrons. The molecule has 1 unspecified atom stereocenters. The first-order chi connectivity index (χ1) is 8.78. The molecule has 1 aliphatic heterocycles. The Morgan fingerprint density at radius 3 is 2.68 bits per heavy atom. The van der Waals surface area contributed by atoms with E-state index in [0.29, 0.717) is 6.61 Å². The molecule has 0 spiro atoms. The molecule has 1 atom stereocenters. The SMILES string of the molecule is C=CC1=C(SC)OCC(N(C)C(=O)OC(C)(C)C)C1. The van der Waals surface area contributed by atoms with Crippen molar-refractivity contribution in [3.05, 3.63) is 23.3 Å². The summed E-state index contributed by atoms with van der Waals surface area (Å²) in [6, 6.07) is -0.0150. The summed E-state index contributed by atoms with van der Waals surface area (Å²) in [6.45, 7) is 9.86. The third kappa shape index (κ3) is 4.49. The Balaban J connectivity index is 2.70. The van der Waals surface area contributed by atoms with Crippen LogP contribution >= 0.6 is 11.8 Å². The molecule has 4 nitrogen and oxygen atoms in total. The highest BCUT2D eigenvalue weighted by atomic mass is 32.2. The lowest BCUT2D eigenvalue weighted by Crippen LogP contribution is -2.44. The van der Waals surface area contributed by atoms with Gasteiger partial charge in [-0.2, -0.15) is 0 Å². The zero-order valence-corrected chi connectivity index (χ0v) is 13.2. The van der Waals surface area contributed by atoms with Gasteiger partial charge in [-0.1, -0.05) is 24.4 Å². The standard InChI is InChI=1S/C14H23NO3S/c1-7-10-8-11(9-17-12(10)19-6)15(5)13(16)18-14(2,3)4/h7,11H,1,8-9H2,2-6H3. The van der Waals surface area contributed by atoms with Crippen molar-refractivity contribution in [2.24, 2.45) is 0 Å². The number of hydrogen-bond acceptors (Lipinski definition) is 4. The van der Waals surface area contributed by atoms with Gasteiger partial charge in [0.15, 0.2) is 5.09 Å². The Kier molecular flexibility index (Phi) is 5.35. The van der Waals surface area contributed by atoms with E-state index in [4.69, 9.17) is 9.47 Å². The maximum atomic E-state index is 12.0. The number of nitrogens with zero attached hydrogens (tertiary/aromatic N) is 1. The van der Waals surface area contributed by atoms with Crippen molar-refractivity contribution < 1.29 is 14.3 Å². The maximum Gasteiger partial charge on any atom is 0.410 e. The van der Waals surface area contributed by atoms with Crippen molar-refractivity contribution in [3.8, 4) is 0 Å². The highest BCUT2D eigenvalue weighted by Crippen LogP contribution is 2.29. The zero-order valence-electron chi connectivity index (χ0n) is 12.4. The van der Waals surface area contributed by atoms with Crippen molar-refractivity contribution in [1.82, 2.24) is 4.90 Å². The van der Waals surface area contributed by atoms with Crippen LogP contribution in [0.25, 0.3) is 0 Å². The van der Waals surface area contributed by atoms with Gasteiger partial charge in [-0.05, 0) is 27.0 Å². The summed E-state index contributed by atoms with van der Waals surface area (Å²) in [4.78, 5) is 13.6. The third-order valence-electron chi connectivity index (χ3n) is 2.79. The van der Waals surface area contributed by atoms with Gasteiger partial charge in [0.25, 0.3) is 0 Å². The second-order valence-corrected chi connectivity index (χ2v) is 6.26. The number of ether oxygens (including phenoxy) is 2. The van der Waals surface area contributed by atoms with E-state index in [0.717, 1.165) is 17.1 Å².